The van der Waals surface area contributed by atoms with Gasteiger partial charge in [-0.05, 0) is 61.1 Å². The number of para-hydroxylation sites is 1. The maximum atomic E-state index is 14.8. The number of nitrogens with zero attached hydrogens (tertiary/aromatic N) is 4. The van der Waals surface area contributed by atoms with Gasteiger partial charge in [0.15, 0.2) is 0 Å². The molecule has 0 atom stereocenters. The molecule has 5 aromatic rings. The van der Waals surface area contributed by atoms with Gasteiger partial charge in [-0.15, -0.1) is 0 Å². The molecule has 6 rings (SSSR count). The highest BCUT2D eigenvalue weighted by Gasteiger charge is 2.33. The first kappa shape index (κ1) is 29.5. The molecular weight excluding hydrogens is 548 g/mol. The summed E-state index contributed by atoms with van der Waals surface area (Å²) in [6.45, 7) is 5.26. The predicted molar refractivity (Wildman–Crippen MR) is 175 cm³/mol. The summed E-state index contributed by atoms with van der Waals surface area (Å²) in [5, 5.41) is 21.3. The van der Waals surface area contributed by atoms with E-state index in [4.69, 9.17) is 0 Å². The Labute approximate surface area is 259 Å². The first-order valence-corrected chi connectivity index (χ1v) is 15.3. The Kier molecular flexibility index (Phi) is 8.68. The molecule has 0 spiro atoms. The molecule has 1 aromatic heterocycles. The van der Waals surface area contributed by atoms with Gasteiger partial charge in [0.2, 0.25) is 0 Å². The molecule has 0 saturated carbocycles. The lowest BCUT2D eigenvalue weighted by Gasteiger charge is -2.35. The first-order chi connectivity index (χ1) is 21.4. The van der Waals surface area contributed by atoms with E-state index in [9.17, 15) is 15.0 Å². The number of likely N-dealkylation sites (N-methyl/N-ethyl adjacent to an activating group) is 1. The number of fused-ring (bicyclic) bond motifs is 1. The summed E-state index contributed by atoms with van der Waals surface area (Å²) in [4.78, 5) is 21.4. The van der Waals surface area contributed by atoms with Crippen LogP contribution in [-0.2, 0) is 13.1 Å². The van der Waals surface area contributed by atoms with Crippen molar-refractivity contribution < 1.29 is 15.0 Å². The number of carbonyl (C=O) groups excluding carboxylic acids is 1. The molecule has 0 aliphatic carbocycles. The lowest BCUT2D eigenvalue weighted by atomic mass is 9.83. The summed E-state index contributed by atoms with van der Waals surface area (Å²) < 4.78 is 2.21. The maximum absolute atomic E-state index is 14.8. The second-order valence-electron chi connectivity index (χ2n) is 11.9. The van der Waals surface area contributed by atoms with Gasteiger partial charge in [0.05, 0.1) is 0 Å². The second kappa shape index (κ2) is 13.0. The normalized spacial score (nSPS) is 14.1. The molecule has 2 N–H and O–H groups in total. The van der Waals surface area contributed by atoms with Gasteiger partial charge in [-0.2, -0.15) is 0 Å². The third-order valence-corrected chi connectivity index (χ3v) is 8.63. The van der Waals surface area contributed by atoms with Gasteiger partial charge >= 0.3 is 0 Å². The summed E-state index contributed by atoms with van der Waals surface area (Å²) in [6.07, 6.45) is 0. The zero-order chi connectivity index (χ0) is 30.6. The van der Waals surface area contributed by atoms with Crippen LogP contribution in [0.3, 0.4) is 0 Å². The summed E-state index contributed by atoms with van der Waals surface area (Å²) in [5.74, 6) is 0.129. The number of phenolic OH excluding ortho intramolecular Hbond substituents is 2. The van der Waals surface area contributed by atoms with Crippen LogP contribution in [0.1, 0.15) is 38.7 Å². The van der Waals surface area contributed by atoms with Gasteiger partial charge in [0, 0.05) is 68.2 Å². The highest BCUT2D eigenvalue weighted by molar-refractivity contribution is 6.03. The van der Waals surface area contributed by atoms with Crippen molar-refractivity contribution in [2.75, 3.05) is 46.8 Å². The highest BCUT2D eigenvalue weighted by Crippen LogP contribution is 2.41. The van der Waals surface area contributed by atoms with Crippen LogP contribution in [0.5, 0.6) is 11.5 Å². The molecule has 1 aliphatic heterocycles. The Bertz CT molecular complexity index is 1660. The summed E-state index contributed by atoms with van der Waals surface area (Å²) in [7, 11) is 4.10. The number of amides is 1. The number of phenols is 2. The fourth-order valence-electron chi connectivity index (χ4n) is 6.35. The van der Waals surface area contributed by atoms with Gasteiger partial charge in [-0.3, -0.25) is 9.69 Å². The topological polar surface area (TPSA) is 72.2 Å². The molecule has 0 bridgehead atoms. The average molecular weight is 589 g/mol. The number of carbonyl (C=O) groups is 1. The SMILES string of the molecule is CN(C)CCn1c(C(=O)N2CCN(Cc3ccccc3)CC2)c(C(c2ccc(O)cc2)c2ccc(O)cc2)c2ccccc21. The van der Waals surface area contributed by atoms with E-state index in [1.54, 1.807) is 24.3 Å². The molecule has 0 radical (unpaired) electrons. The third kappa shape index (κ3) is 6.20. The Morgan fingerprint density at radius 1 is 0.750 bits per heavy atom. The standard InChI is InChI=1S/C37H40N4O3/c1-38(2)20-25-41-33-11-7-6-10-32(33)35(34(28-12-16-30(42)17-13-28)29-14-18-31(43)19-15-29)36(41)37(44)40-23-21-39(22-24-40)26-27-8-4-3-5-9-27/h3-19,34,42-43H,20-26H2,1-2H3. The molecule has 0 unspecified atom stereocenters. The Morgan fingerprint density at radius 3 is 1.91 bits per heavy atom. The van der Waals surface area contributed by atoms with Gasteiger partial charge in [-0.25, -0.2) is 0 Å². The Hall–Kier alpha value is -4.59. The van der Waals surface area contributed by atoms with Crippen LogP contribution in [0, 0.1) is 0 Å². The van der Waals surface area contributed by atoms with Crippen LogP contribution >= 0.6 is 0 Å². The number of benzene rings is 4. The van der Waals surface area contributed by atoms with Crippen LogP contribution in [0.15, 0.2) is 103 Å². The lowest BCUT2D eigenvalue weighted by Crippen LogP contribution is -2.49. The smallest absolute Gasteiger partial charge is 0.270 e. The fraction of sp³-hybridized carbons (Fsp3) is 0.270. The molecule has 1 fully saturated rings. The van der Waals surface area contributed by atoms with Crippen LogP contribution in [0.2, 0.25) is 0 Å². The average Bonchev–Trinajstić information content (AvgIpc) is 3.36. The lowest BCUT2D eigenvalue weighted by molar-refractivity contribution is 0.0616. The van der Waals surface area contributed by atoms with E-state index in [1.807, 2.05) is 47.4 Å². The summed E-state index contributed by atoms with van der Waals surface area (Å²) in [6, 6.07) is 33.3. The number of piperazine rings is 1. The van der Waals surface area contributed by atoms with E-state index in [0.717, 1.165) is 53.8 Å². The van der Waals surface area contributed by atoms with E-state index in [1.165, 1.54) is 5.56 Å². The van der Waals surface area contributed by atoms with Crippen molar-refractivity contribution in [2.24, 2.45) is 0 Å². The van der Waals surface area contributed by atoms with E-state index < -0.39 is 0 Å². The van der Waals surface area contributed by atoms with Crippen molar-refractivity contribution in [1.82, 2.24) is 19.3 Å². The third-order valence-electron chi connectivity index (χ3n) is 8.63. The van der Waals surface area contributed by atoms with Gasteiger partial charge in [-0.1, -0.05) is 72.8 Å². The van der Waals surface area contributed by atoms with Crippen LogP contribution in [-0.4, -0.2) is 82.2 Å². The van der Waals surface area contributed by atoms with Gasteiger partial charge in [0.1, 0.15) is 17.2 Å². The quantitative estimate of drug-likeness (QED) is 0.229. The monoisotopic (exact) mass is 588 g/mol. The number of aromatic nitrogens is 1. The predicted octanol–water partition coefficient (Wildman–Crippen LogP) is 5.75. The van der Waals surface area contributed by atoms with Gasteiger partial charge in [0.25, 0.3) is 5.91 Å². The zero-order valence-corrected chi connectivity index (χ0v) is 25.4. The molecule has 1 saturated heterocycles. The number of hydrogen-bond donors (Lipinski definition) is 2. The summed E-state index contributed by atoms with van der Waals surface area (Å²) >= 11 is 0. The molecular formula is C37H40N4O3. The first-order valence-electron chi connectivity index (χ1n) is 15.3. The second-order valence-corrected chi connectivity index (χ2v) is 11.9. The van der Waals surface area contributed by atoms with Crippen molar-refractivity contribution in [3.05, 3.63) is 131 Å². The number of hydrogen-bond acceptors (Lipinski definition) is 5. The minimum atomic E-state index is -0.292. The van der Waals surface area contributed by atoms with E-state index in [2.05, 4.69) is 64.9 Å². The molecule has 44 heavy (non-hydrogen) atoms. The zero-order valence-electron chi connectivity index (χ0n) is 25.4. The van der Waals surface area contributed by atoms with Crippen molar-refractivity contribution in [3.63, 3.8) is 0 Å². The van der Waals surface area contributed by atoms with Crippen molar-refractivity contribution >= 4 is 16.8 Å². The van der Waals surface area contributed by atoms with Crippen LogP contribution in [0.4, 0.5) is 0 Å². The van der Waals surface area contributed by atoms with E-state index in [-0.39, 0.29) is 23.3 Å². The van der Waals surface area contributed by atoms with Gasteiger partial charge < -0.3 is 24.6 Å². The minimum absolute atomic E-state index is 0.0388. The molecule has 7 nitrogen and oxygen atoms in total. The Morgan fingerprint density at radius 2 is 1.32 bits per heavy atom. The largest absolute Gasteiger partial charge is 0.508 e. The Balaban J connectivity index is 1.45. The van der Waals surface area contributed by atoms with E-state index >= 15 is 0 Å². The van der Waals surface area contributed by atoms with Crippen molar-refractivity contribution in [2.45, 2.75) is 19.0 Å². The van der Waals surface area contributed by atoms with Crippen molar-refractivity contribution in [3.8, 4) is 11.5 Å². The maximum Gasteiger partial charge on any atom is 0.270 e. The van der Waals surface area contributed by atoms with E-state index in [0.29, 0.717) is 25.3 Å². The number of aromatic hydroxyl groups is 2. The molecule has 2 heterocycles. The van der Waals surface area contributed by atoms with Crippen LogP contribution in [0.25, 0.3) is 10.9 Å². The van der Waals surface area contributed by atoms with Crippen molar-refractivity contribution in [1.29, 1.82) is 0 Å². The minimum Gasteiger partial charge on any atom is -0.508 e. The number of rotatable bonds is 9. The molecule has 7 heteroatoms. The fourth-order valence-corrected chi connectivity index (χ4v) is 6.35. The molecule has 4 aromatic carbocycles. The molecule has 1 aliphatic rings. The highest BCUT2D eigenvalue weighted by atomic mass is 16.3. The van der Waals surface area contributed by atoms with Crippen LogP contribution < -0.4 is 0 Å². The molecule has 226 valence electrons. The summed E-state index contributed by atoms with van der Waals surface area (Å²) in [5.41, 5.74) is 5.89. The molecule has 1 amide bonds.